The molecule has 0 atom stereocenters. The first-order chi connectivity index (χ1) is 11.9. The van der Waals surface area contributed by atoms with E-state index in [0.29, 0.717) is 29.1 Å². The van der Waals surface area contributed by atoms with Crippen molar-refractivity contribution in [3.63, 3.8) is 0 Å². The van der Waals surface area contributed by atoms with Gasteiger partial charge < -0.3 is 16.4 Å². The highest BCUT2D eigenvalue weighted by Gasteiger charge is 2.26. The second-order valence-corrected chi connectivity index (χ2v) is 6.05. The van der Waals surface area contributed by atoms with Crippen LogP contribution in [-0.4, -0.2) is 23.4 Å². The molecule has 26 heavy (non-hydrogen) atoms. The molecule has 0 radical (unpaired) electrons. The minimum absolute atomic E-state index is 0. The molecule has 5 nitrogen and oxygen atoms in total. The predicted octanol–water partition coefficient (Wildman–Crippen LogP) is 3.67. The van der Waals surface area contributed by atoms with Crippen LogP contribution in [0.4, 0.5) is 13.6 Å². The van der Waals surface area contributed by atoms with Crippen molar-refractivity contribution in [2.75, 3.05) is 6.54 Å². The summed E-state index contributed by atoms with van der Waals surface area (Å²) >= 11 is 6.23. The van der Waals surface area contributed by atoms with Gasteiger partial charge in [0.25, 0.3) is 0 Å². The molecule has 2 aromatic carbocycles. The van der Waals surface area contributed by atoms with Crippen molar-refractivity contribution in [2.45, 2.75) is 20.4 Å². The third-order valence-corrected chi connectivity index (χ3v) is 4.44. The van der Waals surface area contributed by atoms with E-state index in [1.165, 1.54) is 23.1 Å². The number of hydrogen-bond donors (Lipinski definition) is 2. The summed E-state index contributed by atoms with van der Waals surface area (Å²) in [6.45, 7) is 0.458. The van der Waals surface area contributed by atoms with Gasteiger partial charge in [-0.05, 0) is 41.3 Å². The lowest BCUT2D eigenvalue weighted by Gasteiger charge is -2.30. The smallest absolute Gasteiger partial charge is 0.347 e. The van der Waals surface area contributed by atoms with E-state index in [-0.39, 0.29) is 25.5 Å². The van der Waals surface area contributed by atoms with Gasteiger partial charge in [0.1, 0.15) is 11.6 Å². The average Bonchev–Trinajstić information content (AvgIpc) is 2.55. The number of fused-ring (bicyclic) bond motifs is 1. The third-order valence-electron chi connectivity index (χ3n) is 4.08. The molecule has 2 aromatic rings. The van der Waals surface area contributed by atoms with E-state index in [0.717, 1.165) is 5.56 Å². The van der Waals surface area contributed by atoms with Gasteiger partial charge in [0.05, 0.1) is 5.56 Å². The molecule has 1 heterocycles. The van der Waals surface area contributed by atoms with Gasteiger partial charge in [-0.15, -0.1) is 0 Å². The zero-order valence-electron chi connectivity index (χ0n) is 13.1. The van der Waals surface area contributed by atoms with E-state index in [2.05, 4.69) is 4.99 Å². The highest BCUT2D eigenvalue weighted by Crippen LogP contribution is 2.37. The number of benzene rings is 2. The Morgan fingerprint density at radius 3 is 2.38 bits per heavy atom. The summed E-state index contributed by atoms with van der Waals surface area (Å²) in [5, 5.41) is 0.490. The quantitative estimate of drug-likeness (QED) is 0.584. The Kier molecular flexibility index (Phi) is 5.82. The van der Waals surface area contributed by atoms with Crippen LogP contribution < -0.4 is 11.5 Å². The molecular formula is C18H19ClF2N4O. The summed E-state index contributed by atoms with van der Waals surface area (Å²) in [6.07, 6.45) is 0.434. The molecule has 0 saturated carbocycles. The summed E-state index contributed by atoms with van der Waals surface area (Å²) in [7, 11) is 0. The molecule has 0 unspecified atom stereocenters. The Hall–Kier alpha value is -2.67. The maximum atomic E-state index is 14.2. The predicted molar refractivity (Wildman–Crippen MR) is 98.9 cm³/mol. The van der Waals surface area contributed by atoms with Crippen molar-refractivity contribution < 1.29 is 13.6 Å². The molecule has 2 amide bonds. The number of nitrogens with zero attached hydrogens (tertiary/aromatic N) is 2. The van der Waals surface area contributed by atoms with Crippen molar-refractivity contribution in [1.29, 1.82) is 0 Å². The van der Waals surface area contributed by atoms with Crippen LogP contribution in [0, 0.1) is 11.6 Å². The van der Waals surface area contributed by atoms with Crippen LogP contribution in [0.15, 0.2) is 35.3 Å². The first-order valence-corrected chi connectivity index (χ1v) is 7.89. The molecule has 1 aliphatic rings. The molecule has 3 rings (SSSR count). The standard InChI is InChI=1S/C17H15ClF2N4O.CH4/c18-12-5-4-10(15-13(19)2-1-3-14(15)20)11-8-24(7-6-9(11)12)17(25)23-16(21)22;/h1-5H,6-8H2,(H4,21,22,23,25);1H4. The van der Waals surface area contributed by atoms with E-state index in [9.17, 15) is 13.6 Å². The highest BCUT2D eigenvalue weighted by atomic mass is 35.5. The number of hydrogen-bond acceptors (Lipinski definition) is 1. The Morgan fingerprint density at radius 2 is 1.77 bits per heavy atom. The van der Waals surface area contributed by atoms with Crippen LogP contribution in [0.1, 0.15) is 18.6 Å². The first-order valence-electron chi connectivity index (χ1n) is 7.51. The van der Waals surface area contributed by atoms with Gasteiger partial charge in [-0.1, -0.05) is 31.2 Å². The second-order valence-electron chi connectivity index (χ2n) is 5.64. The topological polar surface area (TPSA) is 84.7 Å². The molecule has 0 spiro atoms. The lowest BCUT2D eigenvalue weighted by molar-refractivity contribution is 0.203. The fourth-order valence-electron chi connectivity index (χ4n) is 2.97. The number of aliphatic imine (C=N–C) groups is 1. The first kappa shape index (κ1) is 19.7. The van der Waals surface area contributed by atoms with Crippen LogP contribution in [0.3, 0.4) is 0 Å². The molecule has 0 fully saturated rings. The van der Waals surface area contributed by atoms with Crippen molar-refractivity contribution in [3.05, 3.63) is 58.1 Å². The van der Waals surface area contributed by atoms with E-state index in [1.54, 1.807) is 12.1 Å². The molecule has 138 valence electrons. The minimum Gasteiger partial charge on any atom is -0.370 e. The van der Waals surface area contributed by atoms with Gasteiger partial charge in [-0.2, -0.15) is 4.99 Å². The third kappa shape index (κ3) is 3.62. The molecular weight excluding hydrogens is 362 g/mol. The molecule has 8 heteroatoms. The van der Waals surface area contributed by atoms with Crippen molar-refractivity contribution in [3.8, 4) is 11.1 Å². The van der Waals surface area contributed by atoms with Crippen molar-refractivity contribution >= 4 is 23.6 Å². The number of carbonyl (C=O) groups is 1. The van der Waals surface area contributed by atoms with E-state index < -0.39 is 17.7 Å². The normalized spacial score (nSPS) is 12.8. The van der Waals surface area contributed by atoms with Crippen molar-refractivity contribution in [1.82, 2.24) is 4.90 Å². The van der Waals surface area contributed by atoms with Crippen LogP contribution in [0.5, 0.6) is 0 Å². The summed E-state index contributed by atoms with van der Waals surface area (Å²) in [6, 6.07) is 6.22. The van der Waals surface area contributed by atoms with Gasteiger partial charge in [0.15, 0.2) is 5.96 Å². The number of rotatable bonds is 1. The Morgan fingerprint density at radius 1 is 1.12 bits per heavy atom. The number of carbonyl (C=O) groups excluding carboxylic acids is 1. The summed E-state index contributed by atoms with van der Waals surface area (Å²) in [5.41, 5.74) is 12.0. The SMILES string of the molecule is C.NC(N)=NC(=O)N1CCc2c(Cl)ccc(-c3c(F)cccc3F)c2C1. The van der Waals surface area contributed by atoms with Gasteiger partial charge in [-0.25, -0.2) is 13.6 Å². The maximum Gasteiger partial charge on any atom is 0.347 e. The molecule has 0 saturated heterocycles. The Bertz CT molecular complexity index is 861. The largest absolute Gasteiger partial charge is 0.370 e. The van der Waals surface area contributed by atoms with Crippen LogP contribution in [0.2, 0.25) is 5.02 Å². The monoisotopic (exact) mass is 380 g/mol. The fraction of sp³-hybridized carbons (Fsp3) is 0.222. The van der Waals surface area contributed by atoms with Crippen molar-refractivity contribution in [2.24, 2.45) is 16.5 Å². The highest BCUT2D eigenvalue weighted by molar-refractivity contribution is 6.31. The fourth-order valence-corrected chi connectivity index (χ4v) is 3.24. The van der Waals surface area contributed by atoms with Gasteiger partial charge in [0.2, 0.25) is 0 Å². The summed E-state index contributed by atoms with van der Waals surface area (Å²) in [5.74, 6) is -1.71. The molecule has 0 aromatic heterocycles. The Labute approximate surface area is 155 Å². The average molecular weight is 381 g/mol. The Balaban J connectivity index is 0.00000243. The van der Waals surface area contributed by atoms with Crippen LogP contribution in [-0.2, 0) is 13.0 Å². The number of nitrogens with two attached hydrogens (primary N) is 2. The molecule has 4 N–H and O–H groups in total. The van der Waals surface area contributed by atoms with Gasteiger partial charge in [-0.3, -0.25) is 0 Å². The zero-order valence-corrected chi connectivity index (χ0v) is 13.9. The molecule has 1 aliphatic heterocycles. The zero-order chi connectivity index (χ0) is 18.1. The number of amides is 2. The summed E-state index contributed by atoms with van der Waals surface area (Å²) in [4.78, 5) is 17.0. The van der Waals surface area contributed by atoms with E-state index in [4.69, 9.17) is 23.1 Å². The van der Waals surface area contributed by atoms with E-state index in [1.807, 2.05) is 0 Å². The number of guanidine groups is 1. The van der Waals surface area contributed by atoms with E-state index >= 15 is 0 Å². The van der Waals surface area contributed by atoms with Crippen LogP contribution in [0.25, 0.3) is 11.1 Å². The molecule has 0 aliphatic carbocycles. The van der Waals surface area contributed by atoms with Gasteiger partial charge >= 0.3 is 6.03 Å². The second kappa shape index (κ2) is 7.70. The van der Waals surface area contributed by atoms with Crippen LogP contribution >= 0.6 is 11.6 Å². The number of halogens is 3. The number of urea groups is 1. The molecule has 0 bridgehead atoms. The summed E-state index contributed by atoms with van der Waals surface area (Å²) < 4.78 is 28.5. The maximum absolute atomic E-state index is 14.2. The lowest BCUT2D eigenvalue weighted by Crippen LogP contribution is -2.36. The minimum atomic E-state index is -0.683. The van der Waals surface area contributed by atoms with Gasteiger partial charge in [0, 0.05) is 18.1 Å². The lowest BCUT2D eigenvalue weighted by atomic mass is 9.90.